The highest BCUT2D eigenvalue weighted by molar-refractivity contribution is 6.46. The number of ketones is 1. The molecule has 1 aliphatic rings. The monoisotopic (exact) mass is 456 g/mol. The number of aliphatic hydroxyl groups is 1. The lowest BCUT2D eigenvalue weighted by Crippen LogP contribution is -2.33. The summed E-state index contributed by atoms with van der Waals surface area (Å²) in [5, 5.41) is 11.6. The molecule has 3 rings (SSSR count). The predicted octanol–water partition coefficient (Wildman–Crippen LogP) is 4.50. The highest BCUT2D eigenvalue weighted by atomic mass is 35.5. The molecule has 7 heteroatoms. The van der Waals surface area contributed by atoms with Gasteiger partial charge in [0, 0.05) is 17.1 Å². The fraction of sp³-hybridized carbons (Fsp3) is 0.360. The Balaban J connectivity index is 2.04. The quantitative estimate of drug-likeness (QED) is 0.341. The first-order valence-electron chi connectivity index (χ1n) is 10.8. The molecule has 0 aliphatic carbocycles. The summed E-state index contributed by atoms with van der Waals surface area (Å²) in [6.45, 7) is 7.23. The van der Waals surface area contributed by atoms with Crippen LogP contribution in [0.15, 0.2) is 54.1 Å². The number of rotatable bonds is 9. The Bertz CT molecular complexity index is 1020. The Kier molecular flexibility index (Phi) is 7.94. The molecule has 0 aromatic heterocycles. The van der Waals surface area contributed by atoms with E-state index in [0.29, 0.717) is 34.9 Å². The zero-order chi connectivity index (χ0) is 23.3. The van der Waals surface area contributed by atoms with Gasteiger partial charge in [-0.1, -0.05) is 49.7 Å². The Morgan fingerprint density at radius 2 is 1.84 bits per heavy atom. The number of hydrogen-bond donors (Lipinski definition) is 1. The second-order valence-electron chi connectivity index (χ2n) is 7.66. The third kappa shape index (κ3) is 4.97. The second kappa shape index (κ2) is 10.7. The van der Waals surface area contributed by atoms with Crippen LogP contribution in [0.2, 0.25) is 5.02 Å². The van der Waals surface area contributed by atoms with E-state index in [1.165, 1.54) is 7.11 Å². The van der Waals surface area contributed by atoms with E-state index in [2.05, 4.69) is 18.7 Å². The van der Waals surface area contributed by atoms with Gasteiger partial charge in [0.1, 0.15) is 11.5 Å². The van der Waals surface area contributed by atoms with Crippen molar-refractivity contribution >= 4 is 29.1 Å². The highest BCUT2D eigenvalue weighted by Gasteiger charge is 2.45. The minimum Gasteiger partial charge on any atom is -0.507 e. The largest absolute Gasteiger partial charge is 0.507 e. The topological polar surface area (TPSA) is 70.1 Å². The van der Waals surface area contributed by atoms with Crippen molar-refractivity contribution in [2.45, 2.75) is 26.3 Å². The molecule has 1 atom stereocenters. The van der Waals surface area contributed by atoms with Crippen molar-refractivity contribution in [3.8, 4) is 5.75 Å². The van der Waals surface area contributed by atoms with E-state index < -0.39 is 17.7 Å². The summed E-state index contributed by atoms with van der Waals surface area (Å²) in [4.78, 5) is 29.9. The number of nitrogens with zero attached hydrogens (tertiary/aromatic N) is 2. The number of aliphatic hydroxyl groups excluding tert-OH is 1. The fourth-order valence-corrected chi connectivity index (χ4v) is 4.26. The van der Waals surface area contributed by atoms with Crippen LogP contribution in [0, 0.1) is 0 Å². The minimum absolute atomic E-state index is 0.0633. The van der Waals surface area contributed by atoms with Crippen LogP contribution in [0.25, 0.3) is 5.76 Å². The molecule has 0 saturated carbocycles. The van der Waals surface area contributed by atoms with Gasteiger partial charge in [-0.15, -0.1) is 0 Å². The van der Waals surface area contributed by atoms with Crippen LogP contribution in [0.3, 0.4) is 0 Å². The number of hydrogen-bond acceptors (Lipinski definition) is 5. The van der Waals surface area contributed by atoms with Crippen LogP contribution in [0.5, 0.6) is 5.75 Å². The lowest BCUT2D eigenvalue weighted by Gasteiger charge is -2.27. The van der Waals surface area contributed by atoms with Gasteiger partial charge in [-0.25, -0.2) is 0 Å². The number of halogens is 1. The molecular formula is C25H29ClN2O4. The Hall–Kier alpha value is -2.83. The predicted molar refractivity (Wildman–Crippen MR) is 126 cm³/mol. The van der Waals surface area contributed by atoms with E-state index in [1.54, 1.807) is 47.4 Å². The normalized spacial score (nSPS) is 17.9. The lowest BCUT2D eigenvalue weighted by molar-refractivity contribution is -0.140. The molecule has 1 amide bonds. The Morgan fingerprint density at radius 1 is 1.12 bits per heavy atom. The van der Waals surface area contributed by atoms with Crippen LogP contribution in [-0.2, 0) is 9.59 Å². The fourth-order valence-electron chi connectivity index (χ4n) is 4.06. The van der Waals surface area contributed by atoms with E-state index in [0.717, 1.165) is 19.6 Å². The molecule has 1 heterocycles. The van der Waals surface area contributed by atoms with E-state index in [9.17, 15) is 14.7 Å². The van der Waals surface area contributed by atoms with Crippen LogP contribution in [0.1, 0.15) is 37.4 Å². The van der Waals surface area contributed by atoms with Gasteiger partial charge >= 0.3 is 0 Å². The number of amides is 1. The third-order valence-electron chi connectivity index (χ3n) is 5.82. The summed E-state index contributed by atoms with van der Waals surface area (Å²) >= 11 is 6.22. The molecule has 32 heavy (non-hydrogen) atoms. The van der Waals surface area contributed by atoms with Gasteiger partial charge in [-0.3, -0.25) is 9.59 Å². The summed E-state index contributed by atoms with van der Waals surface area (Å²) in [6, 6.07) is 13.1. The van der Waals surface area contributed by atoms with Crippen LogP contribution < -0.4 is 4.74 Å². The van der Waals surface area contributed by atoms with E-state index in [1.807, 2.05) is 6.07 Å². The summed E-state index contributed by atoms with van der Waals surface area (Å²) in [6.07, 6.45) is 0.713. The molecule has 2 aromatic carbocycles. The SMILES string of the molecule is CCN(CC)CCCN1C(=O)C(=O)/C(=C(/O)c2cccc(OC)c2)[C@H]1c1cccc(Cl)c1. The number of Topliss-reactive ketones (excluding diaryl/α,β-unsaturated/α-hetero) is 1. The van der Waals surface area contributed by atoms with E-state index >= 15 is 0 Å². The maximum Gasteiger partial charge on any atom is 0.295 e. The molecule has 0 radical (unpaired) electrons. The molecule has 1 saturated heterocycles. The standard InChI is InChI=1S/C25H29ClN2O4/c1-4-27(5-2)13-8-14-28-22(17-9-6-11-19(26)15-17)21(24(30)25(28)31)23(29)18-10-7-12-20(16-18)32-3/h6-7,9-12,15-16,22,29H,4-5,8,13-14H2,1-3H3/b23-21+/t22-/m1/s1. The van der Waals surface area contributed by atoms with Crippen molar-refractivity contribution in [1.82, 2.24) is 9.80 Å². The zero-order valence-electron chi connectivity index (χ0n) is 18.7. The van der Waals surface area contributed by atoms with Crippen molar-refractivity contribution in [2.75, 3.05) is 33.3 Å². The summed E-state index contributed by atoms with van der Waals surface area (Å²) in [5.74, 6) is -0.989. The van der Waals surface area contributed by atoms with Gasteiger partial charge in [-0.05, 0) is 55.9 Å². The average molecular weight is 457 g/mol. The van der Waals surface area contributed by atoms with Gasteiger partial charge in [0.2, 0.25) is 0 Å². The van der Waals surface area contributed by atoms with Gasteiger partial charge in [0.25, 0.3) is 11.7 Å². The molecular weight excluding hydrogens is 428 g/mol. The molecule has 1 fully saturated rings. The maximum atomic E-state index is 13.1. The van der Waals surface area contributed by atoms with Crippen LogP contribution >= 0.6 is 11.6 Å². The van der Waals surface area contributed by atoms with Crippen LogP contribution in [-0.4, -0.2) is 59.9 Å². The number of methoxy groups -OCH3 is 1. The van der Waals surface area contributed by atoms with E-state index in [4.69, 9.17) is 16.3 Å². The third-order valence-corrected chi connectivity index (χ3v) is 6.05. The molecule has 6 nitrogen and oxygen atoms in total. The average Bonchev–Trinajstić information content (AvgIpc) is 3.06. The second-order valence-corrected chi connectivity index (χ2v) is 8.10. The Labute approximate surface area is 194 Å². The Morgan fingerprint density at radius 3 is 2.50 bits per heavy atom. The summed E-state index contributed by atoms with van der Waals surface area (Å²) in [5.41, 5.74) is 1.16. The number of carbonyl (C=O) groups is 2. The zero-order valence-corrected chi connectivity index (χ0v) is 19.4. The van der Waals surface area contributed by atoms with Crippen molar-refractivity contribution < 1.29 is 19.4 Å². The first-order valence-corrected chi connectivity index (χ1v) is 11.2. The van der Waals surface area contributed by atoms with Gasteiger partial charge in [0.05, 0.1) is 18.7 Å². The van der Waals surface area contributed by atoms with Gasteiger partial charge in [0.15, 0.2) is 0 Å². The summed E-state index contributed by atoms with van der Waals surface area (Å²) < 4.78 is 5.24. The number of carbonyl (C=O) groups excluding carboxylic acids is 2. The lowest BCUT2D eigenvalue weighted by atomic mass is 9.95. The van der Waals surface area contributed by atoms with Gasteiger partial charge in [-0.2, -0.15) is 0 Å². The summed E-state index contributed by atoms with van der Waals surface area (Å²) in [7, 11) is 1.53. The van der Waals surface area contributed by atoms with Crippen molar-refractivity contribution in [3.05, 3.63) is 70.3 Å². The molecule has 0 unspecified atom stereocenters. The number of benzene rings is 2. The van der Waals surface area contributed by atoms with Gasteiger partial charge < -0.3 is 19.6 Å². The minimum atomic E-state index is -0.711. The maximum absolute atomic E-state index is 13.1. The highest BCUT2D eigenvalue weighted by Crippen LogP contribution is 2.40. The molecule has 2 aromatic rings. The smallest absolute Gasteiger partial charge is 0.295 e. The van der Waals surface area contributed by atoms with Crippen molar-refractivity contribution in [2.24, 2.45) is 0 Å². The number of likely N-dealkylation sites (tertiary alicyclic amines) is 1. The molecule has 1 aliphatic heterocycles. The molecule has 1 N–H and O–H groups in total. The first-order chi connectivity index (χ1) is 15.4. The number of ether oxygens (including phenoxy) is 1. The molecule has 0 bridgehead atoms. The molecule has 0 spiro atoms. The van der Waals surface area contributed by atoms with Crippen molar-refractivity contribution in [1.29, 1.82) is 0 Å². The van der Waals surface area contributed by atoms with Crippen LogP contribution in [0.4, 0.5) is 0 Å². The van der Waals surface area contributed by atoms with E-state index in [-0.39, 0.29) is 11.3 Å². The first kappa shape index (κ1) is 23.8. The molecule has 170 valence electrons. The van der Waals surface area contributed by atoms with Crippen molar-refractivity contribution in [3.63, 3.8) is 0 Å².